The number of nitrogens with zero attached hydrogens (tertiary/aromatic N) is 1. The van der Waals surface area contributed by atoms with Crippen LogP contribution in [0.1, 0.15) is 11.1 Å². The summed E-state index contributed by atoms with van der Waals surface area (Å²) in [7, 11) is 0. The molecule has 0 N–H and O–H groups in total. The number of anilines is 1. The van der Waals surface area contributed by atoms with Crippen LogP contribution in [0.15, 0.2) is 62.4 Å². The smallest absolute Gasteiger partial charge is 0.270 e. The number of halogens is 4. The summed E-state index contributed by atoms with van der Waals surface area (Å²) >= 11 is 26.1. The van der Waals surface area contributed by atoms with E-state index in [4.69, 9.17) is 49.6 Å². The molecule has 5 rings (SSSR count). The lowest BCUT2D eigenvalue weighted by molar-refractivity contribution is -0.113. The summed E-state index contributed by atoms with van der Waals surface area (Å²) in [6.07, 6.45) is 1.79. The van der Waals surface area contributed by atoms with Crippen molar-refractivity contribution < 1.29 is 19.0 Å². The molecule has 0 aromatic heterocycles. The summed E-state index contributed by atoms with van der Waals surface area (Å²) in [6, 6.07) is 14.3. The molecule has 2 aliphatic rings. The molecule has 178 valence electrons. The van der Waals surface area contributed by atoms with Crippen LogP contribution in [-0.4, -0.2) is 17.0 Å². The minimum Gasteiger partial charge on any atom is -0.486 e. The summed E-state index contributed by atoms with van der Waals surface area (Å²) in [5, 5.41) is 1.10. The third-order valence-corrected chi connectivity index (χ3v) is 8.18. The second-order valence-corrected chi connectivity index (χ2v) is 11.6. The number of rotatable bonds is 5. The molecule has 0 radical (unpaired) electrons. The molecule has 5 nitrogen and oxygen atoms in total. The van der Waals surface area contributed by atoms with Gasteiger partial charge in [0.1, 0.15) is 12.4 Å². The first-order valence-electron chi connectivity index (χ1n) is 10.0. The second-order valence-electron chi connectivity index (χ2n) is 7.39. The van der Waals surface area contributed by atoms with Crippen LogP contribution in [0.3, 0.4) is 0 Å². The average molecular weight is 674 g/mol. The van der Waals surface area contributed by atoms with E-state index in [0.717, 1.165) is 20.1 Å². The lowest BCUT2D eigenvalue weighted by Gasteiger charge is -2.15. The summed E-state index contributed by atoms with van der Waals surface area (Å²) in [5.74, 6) is 1.64. The van der Waals surface area contributed by atoms with Gasteiger partial charge in [-0.1, -0.05) is 53.2 Å². The van der Waals surface area contributed by atoms with E-state index < -0.39 is 0 Å². The van der Waals surface area contributed by atoms with Crippen LogP contribution in [-0.2, 0) is 11.4 Å². The first-order valence-corrected chi connectivity index (χ1v) is 13.6. The van der Waals surface area contributed by atoms with Gasteiger partial charge in [-0.25, -0.2) is 0 Å². The zero-order chi connectivity index (χ0) is 24.7. The van der Waals surface area contributed by atoms with Crippen molar-refractivity contribution in [2.24, 2.45) is 0 Å². The maximum Gasteiger partial charge on any atom is 0.270 e. The maximum absolute atomic E-state index is 13.2. The Morgan fingerprint density at radius 1 is 1.06 bits per heavy atom. The highest BCUT2D eigenvalue weighted by Crippen LogP contribution is 2.42. The van der Waals surface area contributed by atoms with Crippen LogP contribution in [0.4, 0.5) is 5.69 Å². The normalized spacial score (nSPS) is 15.9. The number of carbonyl (C=O) groups excluding carboxylic acids is 1. The molecule has 0 saturated carbocycles. The molecule has 0 aliphatic carbocycles. The third-order valence-electron chi connectivity index (χ3n) is 5.11. The molecule has 0 atom stereocenters. The molecular formula is C24H13Br2Cl2NO4S2. The minimum absolute atomic E-state index is 0.160. The quantitative estimate of drug-likeness (QED) is 0.201. The van der Waals surface area contributed by atoms with Gasteiger partial charge in [0.05, 0.1) is 19.5 Å². The minimum atomic E-state index is -0.205. The average Bonchev–Trinajstić information content (AvgIpc) is 3.37. The van der Waals surface area contributed by atoms with Gasteiger partial charge in [0.25, 0.3) is 5.91 Å². The highest BCUT2D eigenvalue weighted by Gasteiger charge is 2.34. The van der Waals surface area contributed by atoms with E-state index in [1.165, 1.54) is 16.7 Å². The Morgan fingerprint density at radius 3 is 2.54 bits per heavy atom. The second kappa shape index (κ2) is 10.3. The fraction of sp³-hybridized carbons (Fsp3) is 0.0833. The predicted molar refractivity (Wildman–Crippen MR) is 151 cm³/mol. The van der Waals surface area contributed by atoms with E-state index in [2.05, 4.69) is 31.9 Å². The topological polar surface area (TPSA) is 48.0 Å². The van der Waals surface area contributed by atoms with E-state index in [-0.39, 0.29) is 19.3 Å². The third kappa shape index (κ3) is 5.21. The molecule has 0 bridgehead atoms. The van der Waals surface area contributed by atoms with Crippen LogP contribution in [0.25, 0.3) is 6.08 Å². The predicted octanol–water partition coefficient (Wildman–Crippen LogP) is 8.23. The summed E-state index contributed by atoms with van der Waals surface area (Å²) in [4.78, 5) is 15.2. The highest BCUT2D eigenvalue weighted by molar-refractivity contribution is 9.11. The summed E-state index contributed by atoms with van der Waals surface area (Å²) in [6.45, 7) is 0.425. The Hall–Kier alpha value is -1.75. The van der Waals surface area contributed by atoms with E-state index in [9.17, 15) is 4.79 Å². The maximum atomic E-state index is 13.2. The Bertz CT molecular complexity index is 1390. The van der Waals surface area contributed by atoms with Crippen molar-refractivity contribution in [2.75, 3.05) is 11.7 Å². The number of thiocarbonyl (C=S) groups is 1. The van der Waals surface area contributed by atoms with Gasteiger partial charge in [-0.2, -0.15) is 0 Å². The summed E-state index contributed by atoms with van der Waals surface area (Å²) < 4.78 is 18.6. The molecule has 1 fully saturated rings. The van der Waals surface area contributed by atoms with Gasteiger partial charge in [-0.05, 0) is 79.9 Å². The number of hydrogen-bond donors (Lipinski definition) is 0. The van der Waals surface area contributed by atoms with Crippen molar-refractivity contribution in [3.05, 3.63) is 83.6 Å². The first-order chi connectivity index (χ1) is 16.8. The molecule has 0 spiro atoms. The van der Waals surface area contributed by atoms with E-state index >= 15 is 0 Å². The van der Waals surface area contributed by atoms with Crippen molar-refractivity contribution in [1.82, 2.24) is 0 Å². The molecular weight excluding hydrogens is 661 g/mol. The number of amides is 1. The van der Waals surface area contributed by atoms with Gasteiger partial charge in [0.15, 0.2) is 15.8 Å². The molecule has 1 amide bonds. The molecule has 0 unspecified atom stereocenters. The number of carbonyl (C=O) groups is 1. The van der Waals surface area contributed by atoms with E-state index in [1.54, 1.807) is 36.4 Å². The molecule has 11 heteroatoms. The van der Waals surface area contributed by atoms with Crippen molar-refractivity contribution in [3.8, 4) is 17.2 Å². The Labute approximate surface area is 237 Å². The van der Waals surface area contributed by atoms with Crippen LogP contribution in [0, 0.1) is 0 Å². The zero-order valence-corrected chi connectivity index (χ0v) is 23.8. The van der Waals surface area contributed by atoms with Gasteiger partial charge >= 0.3 is 0 Å². The van der Waals surface area contributed by atoms with Crippen LogP contribution in [0.2, 0.25) is 10.0 Å². The fourth-order valence-electron chi connectivity index (χ4n) is 3.46. The van der Waals surface area contributed by atoms with Crippen molar-refractivity contribution in [2.45, 2.75) is 6.61 Å². The molecule has 1 saturated heterocycles. The molecule has 3 aromatic rings. The van der Waals surface area contributed by atoms with E-state index in [1.807, 2.05) is 18.2 Å². The number of hydrogen-bond acceptors (Lipinski definition) is 6. The SMILES string of the molecule is O=C1/C(=C\c2cc(Br)c(OCc3ccc(Cl)cc3Cl)c(Br)c2)SC(=S)N1c1ccc2c(c1)OCO2. The zero-order valence-electron chi connectivity index (χ0n) is 17.5. The van der Waals surface area contributed by atoms with Crippen molar-refractivity contribution >= 4 is 101 Å². The number of ether oxygens (including phenoxy) is 3. The lowest BCUT2D eigenvalue weighted by Crippen LogP contribution is -2.27. The van der Waals surface area contributed by atoms with Crippen LogP contribution in [0.5, 0.6) is 17.2 Å². The van der Waals surface area contributed by atoms with Crippen molar-refractivity contribution in [3.63, 3.8) is 0 Å². The van der Waals surface area contributed by atoms with Gasteiger partial charge in [-0.3, -0.25) is 9.69 Å². The van der Waals surface area contributed by atoms with E-state index in [0.29, 0.717) is 42.2 Å². The number of fused-ring (bicyclic) bond motifs is 1. The van der Waals surface area contributed by atoms with Crippen LogP contribution >= 0.6 is 79.0 Å². The molecule has 2 aliphatic heterocycles. The fourth-order valence-corrected chi connectivity index (χ4v) is 6.67. The molecule has 2 heterocycles. The number of thioether (sulfide) groups is 1. The van der Waals surface area contributed by atoms with Crippen LogP contribution < -0.4 is 19.1 Å². The largest absolute Gasteiger partial charge is 0.486 e. The Balaban J connectivity index is 1.35. The number of benzene rings is 3. The Morgan fingerprint density at radius 2 is 1.80 bits per heavy atom. The lowest BCUT2D eigenvalue weighted by atomic mass is 10.2. The first kappa shape index (κ1) is 24.9. The van der Waals surface area contributed by atoms with Gasteiger partial charge in [0.2, 0.25) is 6.79 Å². The highest BCUT2D eigenvalue weighted by atomic mass is 79.9. The van der Waals surface area contributed by atoms with Crippen molar-refractivity contribution in [1.29, 1.82) is 0 Å². The Kier molecular flexibility index (Phi) is 7.35. The molecule has 35 heavy (non-hydrogen) atoms. The van der Waals surface area contributed by atoms with Gasteiger partial charge in [-0.15, -0.1) is 0 Å². The van der Waals surface area contributed by atoms with Gasteiger partial charge < -0.3 is 14.2 Å². The standard InChI is InChI=1S/C24H13Br2Cl2NO4S2/c25-16-5-12(6-17(26)22(16)31-10-13-1-2-14(27)8-18(13)28)7-21-23(30)29(24(34)35-21)15-3-4-19-20(9-15)33-11-32-19/h1-9H,10-11H2/b21-7+. The summed E-state index contributed by atoms with van der Waals surface area (Å²) in [5.41, 5.74) is 2.24. The monoisotopic (exact) mass is 671 g/mol. The van der Waals surface area contributed by atoms with Gasteiger partial charge in [0, 0.05) is 21.7 Å². The molecule has 3 aromatic carbocycles.